The van der Waals surface area contributed by atoms with Crippen molar-refractivity contribution < 1.29 is 23.4 Å². The van der Waals surface area contributed by atoms with Crippen molar-refractivity contribution in [2.24, 2.45) is 0 Å². The van der Waals surface area contributed by atoms with Gasteiger partial charge in [-0.3, -0.25) is 4.79 Å². The van der Waals surface area contributed by atoms with Crippen molar-refractivity contribution in [3.63, 3.8) is 0 Å². The topological polar surface area (TPSA) is 48.1 Å². The second kappa shape index (κ2) is 8.79. The van der Waals surface area contributed by atoms with E-state index >= 15 is 0 Å². The Morgan fingerprint density at radius 3 is 3.00 bits per heavy atom. The van der Waals surface area contributed by atoms with E-state index in [1.807, 2.05) is 13.0 Å². The number of rotatable bonds is 9. The first kappa shape index (κ1) is 17.6. The molecule has 0 saturated carbocycles. The minimum absolute atomic E-state index is 0.176. The fourth-order valence-corrected chi connectivity index (χ4v) is 2.23. The number of hydrogen-bond donors (Lipinski definition) is 0. The molecule has 1 heterocycles. The lowest BCUT2D eigenvalue weighted by atomic mass is 10.0. The highest BCUT2D eigenvalue weighted by Crippen LogP contribution is 2.26. The monoisotopic (exact) mass is 322 g/mol. The molecule has 0 aliphatic carbocycles. The van der Waals surface area contributed by atoms with Gasteiger partial charge in [-0.05, 0) is 31.9 Å². The van der Waals surface area contributed by atoms with Gasteiger partial charge in [0, 0.05) is 12.0 Å². The van der Waals surface area contributed by atoms with E-state index in [0.717, 1.165) is 12.2 Å². The normalized spacial score (nSPS) is 18.1. The van der Waals surface area contributed by atoms with E-state index in [9.17, 15) is 9.18 Å². The van der Waals surface area contributed by atoms with E-state index in [-0.39, 0.29) is 24.0 Å². The summed E-state index contributed by atoms with van der Waals surface area (Å²) in [7, 11) is 0. The zero-order valence-electron chi connectivity index (χ0n) is 13.6. The van der Waals surface area contributed by atoms with Crippen LogP contribution < -0.4 is 0 Å². The van der Waals surface area contributed by atoms with Crippen LogP contribution in [0.4, 0.5) is 4.39 Å². The fraction of sp³-hybridized carbons (Fsp3) is 0.500. The number of ether oxygens (including phenoxy) is 3. The van der Waals surface area contributed by atoms with Crippen LogP contribution in [0.15, 0.2) is 24.3 Å². The highest BCUT2D eigenvalue weighted by molar-refractivity contribution is 5.69. The summed E-state index contributed by atoms with van der Waals surface area (Å²) in [5.74, 6) is -0.542. The predicted octanol–water partition coefficient (Wildman–Crippen LogP) is 3.66. The molecule has 0 bridgehead atoms. The van der Waals surface area contributed by atoms with E-state index in [2.05, 4.69) is 0 Å². The van der Waals surface area contributed by atoms with Gasteiger partial charge in [-0.1, -0.05) is 24.3 Å². The number of hydrogen-bond acceptors (Lipinski definition) is 4. The molecule has 1 aromatic rings. The molecule has 5 heteroatoms. The second-order valence-corrected chi connectivity index (χ2v) is 5.42. The molecule has 1 aliphatic heterocycles. The molecular weight excluding hydrogens is 299 g/mol. The Balaban J connectivity index is 1.97. The van der Waals surface area contributed by atoms with Gasteiger partial charge < -0.3 is 14.2 Å². The second-order valence-electron chi connectivity index (χ2n) is 5.42. The molecule has 2 rings (SSSR count). The van der Waals surface area contributed by atoms with Crippen molar-refractivity contribution in [1.29, 1.82) is 0 Å². The number of allylic oxidation sites excluding steroid dienone is 1. The molecule has 0 N–H and O–H groups in total. The number of benzene rings is 1. The molecule has 0 spiro atoms. The van der Waals surface area contributed by atoms with Crippen LogP contribution in [-0.2, 0) is 19.0 Å². The average molecular weight is 322 g/mol. The van der Waals surface area contributed by atoms with Crippen LogP contribution in [-0.4, -0.2) is 31.9 Å². The third-order valence-electron chi connectivity index (χ3n) is 3.56. The van der Waals surface area contributed by atoms with Crippen molar-refractivity contribution in [3.05, 3.63) is 41.2 Å². The molecule has 1 aliphatic rings. The molecule has 1 aromatic carbocycles. The summed E-state index contributed by atoms with van der Waals surface area (Å²) >= 11 is 0. The fourth-order valence-electron chi connectivity index (χ4n) is 2.23. The zero-order valence-corrected chi connectivity index (χ0v) is 13.6. The maximum atomic E-state index is 14.1. The number of carbonyl (C=O) groups is 1. The molecule has 23 heavy (non-hydrogen) atoms. The number of carbonyl (C=O) groups excluding carboxylic acids is 1. The first-order valence-corrected chi connectivity index (χ1v) is 7.95. The van der Waals surface area contributed by atoms with Crippen molar-refractivity contribution in [3.8, 4) is 0 Å². The van der Waals surface area contributed by atoms with Crippen molar-refractivity contribution >= 4 is 12.0 Å². The lowest BCUT2D eigenvalue weighted by Gasteiger charge is -2.16. The first-order valence-electron chi connectivity index (χ1n) is 7.95. The Hall–Kier alpha value is -1.72. The molecule has 4 nitrogen and oxygen atoms in total. The minimum Gasteiger partial charge on any atom is -0.466 e. The van der Waals surface area contributed by atoms with E-state index in [4.69, 9.17) is 14.2 Å². The maximum absolute atomic E-state index is 14.1. The maximum Gasteiger partial charge on any atom is 0.306 e. The molecule has 0 amide bonds. The molecule has 1 unspecified atom stereocenters. The smallest absolute Gasteiger partial charge is 0.306 e. The highest BCUT2D eigenvalue weighted by Gasteiger charge is 2.24. The van der Waals surface area contributed by atoms with Crippen molar-refractivity contribution in [2.45, 2.75) is 38.9 Å². The van der Waals surface area contributed by atoms with E-state index in [0.29, 0.717) is 31.6 Å². The third kappa shape index (κ3) is 5.77. The molecular formula is C18H23FO4. The Morgan fingerprint density at radius 2 is 2.30 bits per heavy atom. The quantitative estimate of drug-likeness (QED) is 0.514. The Morgan fingerprint density at radius 1 is 1.52 bits per heavy atom. The SMILES string of the molecule is CCOC(=O)CC/C=C/c1c(F)cccc1[C@@H](C)OCC1CO1. The van der Waals surface area contributed by atoms with Crippen LogP contribution in [0, 0.1) is 5.82 Å². The standard InChI is InChI=1S/C18H23FO4/c1-3-21-18(20)10-5-4-7-16-15(8-6-9-17(16)19)13(2)22-11-14-12-23-14/h4,6-9,13-14H,3,5,10-12H2,1-2H3/b7-4+/t13-,14?/m1/s1. The summed E-state index contributed by atoms with van der Waals surface area (Å²) in [6, 6.07) is 4.95. The molecule has 1 fully saturated rings. The lowest BCUT2D eigenvalue weighted by Crippen LogP contribution is -2.08. The first-order chi connectivity index (χ1) is 11.1. The summed E-state index contributed by atoms with van der Waals surface area (Å²) in [4.78, 5) is 11.3. The Bertz CT molecular complexity index is 552. The average Bonchev–Trinajstić information content (AvgIpc) is 3.35. The molecule has 126 valence electrons. The summed E-state index contributed by atoms with van der Waals surface area (Å²) in [6.07, 6.45) is 4.25. The highest BCUT2D eigenvalue weighted by atomic mass is 19.1. The van der Waals surface area contributed by atoms with E-state index in [1.165, 1.54) is 6.07 Å². The van der Waals surface area contributed by atoms with Gasteiger partial charge in [-0.25, -0.2) is 4.39 Å². The Kier molecular flexibility index (Phi) is 6.74. The number of epoxide rings is 1. The molecule has 0 radical (unpaired) electrons. The summed E-state index contributed by atoms with van der Waals surface area (Å²) in [5, 5.41) is 0. The molecule has 1 saturated heterocycles. The molecule has 0 aromatic heterocycles. The summed E-state index contributed by atoms with van der Waals surface area (Å²) < 4.78 is 29.8. The minimum atomic E-state index is -0.298. The van der Waals surface area contributed by atoms with Gasteiger partial charge in [0.1, 0.15) is 11.9 Å². The zero-order chi connectivity index (χ0) is 16.7. The summed E-state index contributed by atoms with van der Waals surface area (Å²) in [6.45, 7) is 5.29. The van der Waals surface area contributed by atoms with Crippen molar-refractivity contribution in [1.82, 2.24) is 0 Å². The Labute approximate surface area is 136 Å². The van der Waals surface area contributed by atoms with Crippen LogP contribution in [0.3, 0.4) is 0 Å². The lowest BCUT2D eigenvalue weighted by molar-refractivity contribution is -0.142. The van der Waals surface area contributed by atoms with Crippen LogP contribution >= 0.6 is 0 Å². The van der Waals surface area contributed by atoms with Crippen LogP contribution in [0.1, 0.15) is 43.9 Å². The van der Waals surface area contributed by atoms with Gasteiger partial charge in [-0.2, -0.15) is 0 Å². The van der Waals surface area contributed by atoms with Crippen molar-refractivity contribution in [2.75, 3.05) is 19.8 Å². The molecule has 2 atom stereocenters. The number of halogens is 1. The third-order valence-corrected chi connectivity index (χ3v) is 3.56. The largest absolute Gasteiger partial charge is 0.466 e. The van der Waals surface area contributed by atoms with Gasteiger partial charge in [-0.15, -0.1) is 0 Å². The van der Waals surface area contributed by atoms with Gasteiger partial charge in [0.15, 0.2) is 0 Å². The van der Waals surface area contributed by atoms with Gasteiger partial charge in [0.05, 0.1) is 25.9 Å². The van der Waals surface area contributed by atoms with Gasteiger partial charge >= 0.3 is 5.97 Å². The number of esters is 1. The summed E-state index contributed by atoms with van der Waals surface area (Å²) in [5.41, 5.74) is 1.29. The van der Waals surface area contributed by atoms with Gasteiger partial charge in [0.2, 0.25) is 0 Å². The van der Waals surface area contributed by atoms with E-state index in [1.54, 1.807) is 25.1 Å². The van der Waals surface area contributed by atoms with Crippen LogP contribution in [0.5, 0.6) is 0 Å². The predicted molar refractivity (Wildman–Crippen MR) is 85.4 cm³/mol. The van der Waals surface area contributed by atoms with E-state index < -0.39 is 0 Å². The van der Waals surface area contributed by atoms with Crippen LogP contribution in [0.25, 0.3) is 6.08 Å². The van der Waals surface area contributed by atoms with Gasteiger partial charge in [0.25, 0.3) is 0 Å². The van der Waals surface area contributed by atoms with Crippen LogP contribution in [0.2, 0.25) is 0 Å².